The van der Waals surface area contributed by atoms with Gasteiger partial charge >= 0.3 is 12.1 Å². The van der Waals surface area contributed by atoms with Crippen molar-refractivity contribution >= 4 is 17.8 Å². The maximum Gasteiger partial charge on any atom is 0.410 e. The largest absolute Gasteiger partial charge is 0.486 e. The van der Waals surface area contributed by atoms with Crippen LogP contribution in [0.2, 0.25) is 0 Å². The van der Waals surface area contributed by atoms with E-state index in [1.165, 1.54) is 12.0 Å². The first-order valence-corrected chi connectivity index (χ1v) is 9.81. The van der Waals surface area contributed by atoms with Crippen molar-refractivity contribution in [1.29, 1.82) is 0 Å². The molecule has 0 spiro atoms. The SMILES string of the molecule is COC(=O)C(C)Cc1ccc(OCC(=O)C2CN(C(=O)OC(C)(C)C)C2)c(C)c1. The fourth-order valence-corrected chi connectivity index (χ4v) is 3.06. The van der Waals surface area contributed by atoms with Crippen LogP contribution < -0.4 is 4.74 Å². The molecule has 1 fully saturated rings. The topological polar surface area (TPSA) is 82.1 Å². The highest BCUT2D eigenvalue weighted by Crippen LogP contribution is 2.23. The third-order valence-corrected chi connectivity index (χ3v) is 4.74. The van der Waals surface area contributed by atoms with Crippen LogP contribution in [0.4, 0.5) is 4.79 Å². The summed E-state index contributed by atoms with van der Waals surface area (Å²) in [6.07, 6.45) is 0.185. The van der Waals surface area contributed by atoms with Gasteiger partial charge in [0.15, 0.2) is 5.78 Å². The summed E-state index contributed by atoms with van der Waals surface area (Å²) < 4.78 is 15.7. The van der Waals surface area contributed by atoms with Crippen molar-refractivity contribution in [1.82, 2.24) is 4.90 Å². The molecule has 1 amide bonds. The number of benzene rings is 1. The Bertz CT molecular complexity index is 761. The zero-order valence-corrected chi connectivity index (χ0v) is 18.1. The first-order valence-electron chi connectivity index (χ1n) is 9.81. The molecule has 0 aliphatic carbocycles. The summed E-state index contributed by atoms with van der Waals surface area (Å²) in [6, 6.07) is 5.66. The molecule has 1 aromatic carbocycles. The molecule has 160 valence electrons. The van der Waals surface area contributed by atoms with Gasteiger partial charge in [0.1, 0.15) is 18.0 Å². The fourth-order valence-electron chi connectivity index (χ4n) is 3.06. The van der Waals surface area contributed by atoms with E-state index in [9.17, 15) is 14.4 Å². The molecule has 1 saturated heterocycles. The third-order valence-electron chi connectivity index (χ3n) is 4.74. The monoisotopic (exact) mass is 405 g/mol. The number of aryl methyl sites for hydroxylation is 1. The summed E-state index contributed by atoms with van der Waals surface area (Å²) in [7, 11) is 1.38. The van der Waals surface area contributed by atoms with E-state index in [-0.39, 0.29) is 30.2 Å². The van der Waals surface area contributed by atoms with E-state index >= 15 is 0 Å². The van der Waals surface area contributed by atoms with Gasteiger partial charge in [-0.2, -0.15) is 0 Å². The number of methoxy groups -OCH3 is 1. The average molecular weight is 405 g/mol. The Morgan fingerprint density at radius 3 is 2.41 bits per heavy atom. The Morgan fingerprint density at radius 2 is 1.86 bits per heavy atom. The van der Waals surface area contributed by atoms with E-state index in [4.69, 9.17) is 14.2 Å². The molecule has 0 saturated carbocycles. The highest BCUT2D eigenvalue weighted by atomic mass is 16.6. The maximum atomic E-state index is 12.3. The molecule has 0 N–H and O–H groups in total. The van der Waals surface area contributed by atoms with Gasteiger partial charge in [-0.05, 0) is 51.3 Å². The van der Waals surface area contributed by atoms with E-state index in [0.717, 1.165) is 11.1 Å². The maximum absolute atomic E-state index is 12.3. The van der Waals surface area contributed by atoms with Crippen molar-refractivity contribution < 1.29 is 28.6 Å². The minimum Gasteiger partial charge on any atom is -0.486 e. The number of amides is 1. The van der Waals surface area contributed by atoms with E-state index < -0.39 is 11.7 Å². The van der Waals surface area contributed by atoms with Gasteiger partial charge in [0.25, 0.3) is 0 Å². The van der Waals surface area contributed by atoms with Crippen LogP contribution in [-0.4, -0.2) is 55.2 Å². The zero-order valence-electron chi connectivity index (χ0n) is 18.1. The lowest BCUT2D eigenvalue weighted by atomic mass is 9.96. The van der Waals surface area contributed by atoms with Crippen molar-refractivity contribution in [3.05, 3.63) is 29.3 Å². The van der Waals surface area contributed by atoms with Gasteiger partial charge in [-0.3, -0.25) is 9.59 Å². The molecule has 1 unspecified atom stereocenters. The minimum atomic E-state index is -0.548. The van der Waals surface area contributed by atoms with Crippen molar-refractivity contribution in [2.75, 3.05) is 26.8 Å². The molecule has 1 aliphatic heterocycles. The standard InChI is InChI=1S/C22H31NO6/c1-14-9-16(10-15(2)20(25)27-6)7-8-19(14)28-13-18(24)17-11-23(12-17)21(26)29-22(3,4)5/h7-9,15,17H,10-13H2,1-6H3. The van der Waals surface area contributed by atoms with Gasteiger partial charge in [0.05, 0.1) is 18.9 Å². The fraction of sp³-hybridized carbons (Fsp3) is 0.591. The molecule has 29 heavy (non-hydrogen) atoms. The van der Waals surface area contributed by atoms with Crippen molar-refractivity contribution in [3.8, 4) is 5.75 Å². The molecule has 7 nitrogen and oxygen atoms in total. The summed E-state index contributed by atoms with van der Waals surface area (Å²) in [5.41, 5.74) is 1.36. The quantitative estimate of drug-likeness (QED) is 0.648. The van der Waals surface area contributed by atoms with Crippen LogP contribution in [0.1, 0.15) is 38.8 Å². The van der Waals surface area contributed by atoms with Crippen LogP contribution in [0.5, 0.6) is 5.75 Å². The molecule has 1 atom stereocenters. The van der Waals surface area contributed by atoms with Crippen LogP contribution in [-0.2, 0) is 25.5 Å². The summed E-state index contributed by atoms with van der Waals surface area (Å²) in [5.74, 6) is -0.0828. The van der Waals surface area contributed by atoms with Gasteiger partial charge in [0.2, 0.25) is 0 Å². The van der Waals surface area contributed by atoms with Crippen molar-refractivity contribution in [2.45, 2.75) is 46.6 Å². The third kappa shape index (κ3) is 6.48. The number of ketones is 1. The van der Waals surface area contributed by atoms with E-state index in [1.54, 1.807) is 0 Å². The molecular weight excluding hydrogens is 374 g/mol. The Morgan fingerprint density at radius 1 is 1.21 bits per heavy atom. The summed E-state index contributed by atoms with van der Waals surface area (Å²) in [4.78, 5) is 37.3. The van der Waals surface area contributed by atoms with Gasteiger partial charge in [-0.15, -0.1) is 0 Å². The molecule has 1 heterocycles. The normalized spacial score (nSPS) is 15.3. The highest BCUT2D eigenvalue weighted by Gasteiger charge is 2.37. The van der Waals surface area contributed by atoms with Crippen LogP contribution in [0.25, 0.3) is 0 Å². The van der Waals surface area contributed by atoms with Gasteiger partial charge in [0, 0.05) is 13.1 Å². The first kappa shape index (κ1) is 22.7. The van der Waals surface area contributed by atoms with Crippen LogP contribution >= 0.6 is 0 Å². The molecule has 0 bridgehead atoms. The highest BCUT2D eigenvalue weighted by molar-refractivity contribution is 5.85. The van der Waals surface area contributed by atoms with Crippen molar-refractivity contribution in [3.63, 3.8) is 0 Å². The number of carbonyl (C=O) groups excluding carboxylic acids is 3. The predicted octanol–water partition coefficient (Wildman–Crippen LogP) is 3.16. The molecule has 7 heteroatoms. The van der Waals surface area contributed by atoms with Crippen LogP contribution in [0.3, 0.4) is 0 Å². The predicted molar refractivity (Wildman–Crippen MR) is 108 cm³/mol. The van der Waals surface area contributed by atoms with E-state index in [0.29, 0.717) is 25.3 Å². The molecular formula is C22H31NO6. The Kier molecular flexibility index (Phi) is 7.27. The second-order valence-corrected chi connectivity index (χ2v) is 8.57. The minimum absolute atomic E-state index is 0.0346. The number of carbonyl (C=O) groups is 3. The van der Waals surface area contributed by atoms with Crippen LogP contribution in [0.15, 0.2) is 18.2 Å². The number of hydrogen-bond donors (Lipinski definition) is 0. The number of rotatable bonds is 7. The Hall–Kier alpha value is -2.57. The molecule has 0 radical (unpaired) electrons. The zero-order chi connectivity index (χ0) is 21.8. The number of Topliss-reactive ketones (excluding diaryl/α,β-unsaturated/α-hetero) is 1. The van der Waals surface area contributed by atoms with Gasteiger partial charge in [-0.1, -0.05) is 19.1 Å². The van der Waals surface area contributed by atoms with Crippen molar-refractivity contribution in [2.24, 2.45) is 11.8 Å². The Labute approximate surface area is 172 Å². The van der Waals surface area contributed by atoms with E-state index in [2.05, 4.69) is 0 Å². The number of likely N-dealkylation sites (tertiary alicyclic amines) is 1. The molecule has 1 aliphatic rings. The van der Waals surface area contributed by atoms with E-state index in [1.807, 2.05) is 52.8 Å². The lowest BCUT2D eigenvalue weighted by Gasteiger charge is -2.38. The number of ether oxygens (including phenoxy) is 3. The average Bonchev–Trinajstić information content (AvgIpc) is 2.57. The second kappa shape index (κ2) is 9.29. The second-order valence-electron chi connectivity index (χ2n) is 8.57. The summed E-state index contributed by atoms with van der Waals surface area (Å²) in [6.45, 7) is 9.84. The van der Waals surface area contributed by atoms with Gasteiger partial charge in [-0.25, -0.2) is 4.79 Å². The number of esters is 1. The lowest BCUT2D eigenvalue weighted by molar-refractivity contribution is -0.144. The number of hydrogen-bond acceptors (Lipinski definition) is 6. The van der Waals surface area contributed by atoms with Gasteiger partial charge < -0.3 is 19.1 Å². The molecule has 0 aromatic heterocycles. The number of nitrogens with zero attached hydrogens (tertiary/aromatic N) is 1. The first-order chi connectivity index (χ1) is 13.5. The lowest BCUT2D eigenvalue weighted by Crippen LogP contribution is -2.55. The van der Waals surface area contributed by atoms with Crippen LogP contribution in [0, 0.1) is 18.8 Å². The smallest absolute Gasteiger partial charge is 0.410 e. The summed E-state index contributed by atoms with van der Waals surface area (Å²) >= 11 is 0. The molecule has 2 rings (SSSR count). The Balaban J connectivity index is 1.81. The summed E-state index contributed by atoms with van der Waals surface area (Å²) in [5, 5.41) is 0. The molecule has 1 aromatic rings.